The van der Waals surface area contributed by atoms with Crippen LogP contribution in [0.5, 0.6) is 0 Å². The van der Waals surface area contributed by atoms with Crippen LogP contribution in [0.1, 0.15) is 0 Å². The van der Waals surface area contributed by atoms with Crippen molar-refractivity contribution in [1.29, 1.82) is 0 Å². The molecule has 5 rings (SSSR count). The van der Waals surface area contributed by atoms with E-state index in [1.807, 2.05) is 54.6 Å². The standard InChI is InChI=1S/C26H24ClN5OS/c1-32(14-12-29-20-8-10-28-22-16-17(27)6-7-18(20)22)15-13-30-21-9-11-31-26-24(21)25(33)19-4-2-3-5-23(19)34-26/h2-11,16H,12-15H2,1H3,(H,28,29)(H,30,31). The van der Waals surface area contributed by atoms with Crippen molar-refractivity contribution in [3.05, 3.63) is 82.2 Å². The van der Waals surface area contributed by atoms with Gasteiger partial charge in [-0.05, 0) is 49.5 Å². The van der Waals surface area contributed by atoms with Crippen LogP contribution in [0.2, 0.25) is 5.02 Å². The van der Waals surface area contributed by atoms with Gasteiger partial charge in [0.15, 0.2) is 5.43 Å². The number of rotatable bonds is 8. The molecular weight excluding hydrogens is 466 g/mol. The van der Waals surface area contributed by atoms with Crippen LogP contribution in [-0.4, -0.2) is 48.1 Å². The highest BCUT2D eigenvalue weighted by Gasteiger charge is 2.11. The van der Waals surface area contributed by atoms with Crippen LogP contribution >= 0.6 is 22.9 Å². The maximum absolute atomic E-state index is 13.1. The summed E-state index contributed by atoms with van der Waals surface area (Å²) in [6, 6.07) is 17.3. The van der Waals surface area contributed by atoms with Crippen LogP contribution in [0.15, 0.2) is 71.8 Å². The van der Waals surface area contributed by atoms with Gasteiger partial charge in [0, 0.05) is 70.4 Å². The van der Waals surface area contributed by atoms with Crippen molar-refractivity contribution in [2.24, 2.45) is 0 Å². The first-order valence-corrected chi connectivity index (χ1v) is 12.3. The van der Waals surface area contributed by atoms with E-state index in [9.17, 15) is 4.79 Å². The molecule has 0 saturated carbocycles. The second-order valence-electron chi connectivity index (χ2n) is 8.14. The zero-order chi connectivity index (χ0) is 23.5. The molecule has 6 nitrogen and oxygen atoms in total. The summed E-state index contributed by atoms with van der Waals surface area (Å²) in [6.07, 6.45) is 3.55. The summed E-state index contributed by atoms with van der Waals surface area (Å²) in [6.45, 7) is 3.23. The summed E-state index contributed by atoms with van der Waals surface area (Å²) in [5.74, 6) is 0. The lowest BCUT2D eigenvalue weighted by Crippen LogP contribution is -2.30. The van der Waals surface area contributed by atoms with Gasteiger partial charge in [0.2, 0.25) is 0 Å². The van der Waals surface area contributed by atoms with Gasteiger partial charge in [0.1, 0.15) is 4.83 Å². The minimum Gasteiger partial charge on any atom is -0.383 e. The van der Waals surface area contributed by atoms with Crippen LogP contribution in [0.3, 0.4) is 0 Å². The number of nitrogens with zero attached hydrogens (tertiary/aromatic N) is 3. The topological polar surface area (TPSA) is 70.2 Å². The van der Waals surface area contributed by atoms with Crippen LogP contribution < -0.4 is 16.1 Å². The lowest BCUT2D eigenvalue weighted by molar-refractivity contribution is 0.361. The normalized spacial score (nSPS) is 11.5. The van der Waals surface area contributed by atoms with Gasteiger partial charge < -0.3 is 15.5 Å². The minimum atomic E-state index is 0.0309. The van der Waals surface area contributed by atoms with Crippen LogP contribution in [0.4, 0.5) is 11.4 Å². The molecule has 3 aromatic heterocycles. The number of hydrogen-bond donors (Lipinski definition) is 2. The second kappa shape index (κ2) is 9.93. The highest BCUT2D eigenvalue weighted by Crippen LogP contribution is 2.27. The van der Waals surface area contributed by atoms with E-state index < -0.39 is 0 Å². The van der Waals surface area contributed by atoms with Crippen molar-refractivity contribution in [2.45, 2.75) is 0 Å². The highest BCUT2D eigenvalue weighted by atomic mass is 35.5. The third kappa shape index (κ3) is 4.68. The Morgan fingerprint density at radius 3 is 2.50 bits per heavy atom. The molecule has 0 fully saturated rings. The maximum Gasteiger partial charge on any atom is 0.199 e. The Morgan fingerprint density at radius 1 is 0.912 bits per heavy atom. The summed E-state index contributed by atoms with van der Waals surface area (Å²) >= 11 is 7.63. The molecule has 0 radical (unpaired) electrons. The molecule has 34 heavy (non-hydrogen) atoms. The number of nitrogens with one attached hydrogen (secondary N) is 2. The first-order chi connectivity index (χ1) is 16.6. The van der Waals surface area contributed by atoms with Gasteiger partial charge in [0.25, 0.3) is 0 Å². The molecule has 0 aliphatic rings. The van der Waals surface area contributed by atoms with Gasteiger partial charge in [0.05, 0.1) is 10.9 Å². The molecule has 0 bridgehead atoms. The Balaban J connectivity index is 1.20. The fourth-order valence-corrected chi connectivity index (χ4v) is 5.23. The molecule has 0 aliphatic carbocycles. The molecule has 0 spiro atoms. The fourth-order valence-electron chi connectivity index (χ4n) is 4.02. The Kier molecular flexibility index (Phi) is 6.58. The second-order valence-corrected chi connectivity index (χ2v) is 9.61. The summed E-state index contributed by atoms with van der Waals surface area (Å²) in [7, 11) is 2.09. The molecule has 0 unspecified atom stereocenters. The third-order valence-electron chi connectivity index (χ3n) is 5.80. The minimum absolute atomic E-state index is 0.0309. The average molecular weight is 490 g/mol. The molecule has 2 N–H and O–H groups in total. The Hall–Kier alpha value is -3.26. The summed E-state index contributed by atoms with van der Waals surface area (Å²) in [4.78, 5) is 24.9. The molecule has 8 heteroatoms. The van der Waals surface area contributed by atoms with E-state index in [1.54, 1.807) is 23.7 Å². The fraction of sp³-hybridized carbons (Fsp3) is 0.192. The van der Waals surface area contributed by atoms with Crippen molar-refractivity contribution < 1.29 is 0 Å². The van der Waals surface area contributed by atoms with Crippen molar-refractivity contribution in [1.82, 2.24) is 14.9 Å². The molecule has 0 atom stereocenters. The highest BCUT2D eigenvalue weighted by molar-refractivity contribution is 7.24. The van der Waals surface area contributed by atoms with Crippen LogP contribution in [0.25, 0.3) is 31.2 Å². The van der Waals surface area contributed by atoms with E-state index in [0.29, 0.717) is 10.4 Å². The van der Waals surface area contributed by atoms with Crippen molar-refractivity contribution in [2.75, 3.05) is 43.9 Å². The number of hydrogen-bond acceptors (Lipinski definition) is 7. The van der Waals surface area contributed by atoms with Gasteiger partial charge in [-0.1, -0.05) is 23.7 Å². The van der Waals surface area contributed by atoms with E-state index in [4.69, 9.17) is 11.6 Å². The van der Waals surface area contributed by atoms with E-state index in [-0.39, 0.29) is 5.43 Å². The van der Waals surface area contributed by atoms with E-state index in [0.717, 1.165) is 63.4 Å². The maximum atomic E-state index is 13.1. The molecule has 0 aliphatic heterocycles. The monoisotopic (exact) mass is 489 g/mol. The molecule has 2 aromatic carbocycles. The Labute approximate surface area is 206 Å². The summed E-state index contributed by atoms with van der Waals surface area (Å²) in [5.41, 5.74) is 2.80. The van der Waals surface area contributed by atoms with E-state index in [2.05, 4.69) is 32.5 Å². The number of fused-ring (bicyclic) bond motifs is 3. The Bertz CT molecular complexity index is 1540. The lowest BCUT2D eigenvalue weighted by atomic mass is 10.2. The van der Waals surface area contributed by atoms with E-state index >= 15 is 0 Å². The van der Waals surface area contributed by atoms with Crippen molar-refractivity contribution >= 4 is 65.5 Å². The molecule has 0 amide bonds. The van der Waals surface area contributed by atoms with Crippen LogP contribution in [-0.2, 0) is 0 Å². The van der Waals surface area contributed by atoms with Gasteiger partial charge in [-0.2, -0.15) is 0 Å². The molecule has 0 saturated heterocycles. The molecular formula is C26H24ClN5OS. The number of aromatic nitrogens is 2. The predicted molar refractivity (Wildman–Crippen MR) is 145 cm³/mol. The number of halogens is 1. The largest absolute Gasteiger partial charge is 0.383 e. The third-order valence-corrected chi connectivity index (χ3v) is 7.12. The predicted octanol–water partition coefficient (Wildman–Crippen LogP) is 5.47. The molecule has 3 heterocycles. The van der Waals surface area contributed by atoms with Crippen molar-refractivity contribution in [3.8, 4) is 0 Å². The first kappa shape index (κ1) is 22.5. The Morgan fingerprint density at radius 2 is 1.65 bits per heavy atom. The van der Waals surface area contributed by atoms with Gasteiger partial charge in [-0.3, -0.25) is 9.78 Å². The lowest BCUT2D eigenvalue weighted by Gasteiger charge is -2.19. The van der Waals surface area contributed by atoms with E-state index in [1.165, 1.54) is 0 Å². The summed E-state index contributed by atoms with van der Waals surface area (Å²) < 4.78 is 0.960. The smallest absolute Gasteiger partial charge is 0.199 e. The quantitative estimate of drug-likeness (QED) is 0.282. The zero-order valence-electron chi connectivity index (χ0n) is 18.7. The zero-order valence-corrected chi connectivity index (χ0v) is 20.3. The van der Waals surface area contributed by atoms with Gasteiger partial charge in [-0.25, -0.2) is 4.98 Å². The molecule has 172 valence electrons. The van der Waals surface area contributed by atoms with Crippen LogP contribution in [0, 0.1) is 0 Å². The number of likely N-dealkylation sites (N-methyl/N-ethyl adjacent to an activating group) is 1. The number of pyridine rings is 2. The van der Waals surface area contributed by atoms with Gasteiger partial charge in [-0.15, -0.1) is 11.3 Å². The average Bonchev–Trinajstić information content (AvgIpc) is 2.84. The first-order valence-electron chi connectivity index (χ1n) is 11.1. The molecule has 5 aromatic rings. The van der Waals surface area contributed by atoms with Crippen molar-refractivity contribution in [3.63, 3.8) is 0 Å². The SMILES string of the molecule is CN(CCNc1ccnc2cc(Cl)ccc12)CCNc1ccnc2sc3ccccc3c(=O)c12. The number of anilines is 2. The number of benzene rings is 2. The summed E-state index contributed by atoms with van der Waals surface area (Å²) in [5, 5.41) is 10.1. The van der Waals surface area contributed by atoms with Gasteiger partial charge >= 0.3 is 0 Å².